The molecule has 1 aromatic rings. The molecule has 0 saturated carbocycles. The first-order valence-corrected chi connectivity index (χ1v) is 7.21. The molecule has 6 heteroatoms. The molecule has 2 unspecified atom stereocenters. The van der Waals surface area contributed by atoms with E-state index in [1.165, 1.54) is 7.11 Å². The minimum atomic E-state index is -1.46. The molecule has 126 valence electrons. The molecule has 0 bridgehead atoms. The molecule has 0 aliphatic rings. The number of aliphatic hydroxyl groups excluding tert-OH is 1. The molecule has 1 aromatic carbocycles. The zero-order chi connectivity index (χ0) is 15.9. The van der Waals surface area contributed by atoms with Crippen molar-refractivity contribution in [1.82, 2.24) is 5.32 Å². The monoisotopic (exact) mass is 331 g/mol. The number of hydrogen-bond donors (Lipinski definition) is 2. The number of ether oxygens (including phenoxy) is 2. The number of nitrogens with one attached hydrogen (secondary N) is 1. The fraction of sp³-hybridized carbons (Fsp3) is 0.562. The minimum absolute atomic E-state index is 0. The van der Waals surface area contributed by atoms with Gasteiger partial charge in [0, 0.05) is 18.2 Å². The van der Waals surface area contributed by atoms with Crippen LogP contribution in [0.25, 0.3) is 0 Å². The standard InChI is InChI=1S/C16H25NO4.ClH/c1-5-11-21-16(17-12(2)3,14(18)15(19)20-4)13-9-7-6-8-10-13;/h6-10,12,14,17-18H,5,11H2,1-4H3;1H. The lowest BCUT2D eigenvalue weighted by Gasteiger charge is -2.39. The number of esters is 1. The van der Waals surface area contributed by atoms with Crippen LogP contribution in [-0.4, -0.2) is 36.9 Å². The van der Waals surface area contributed by atoms with Crippen LogP contribution in [0, 0.1) is 0 Å². The van der Waals surface area contributed by atoms with Crippen molar-refractivity contribution in [2.24, 2.45) is 0 Å². The molecule has 0 saturated heterocycles. The van der Waals surface area contributed by atoms with E-state index in [9.17, 15) is 9.90 Å². The van der Waals surface area contributed by atoms with Crippen LogP contribution in [0.2, 0.25) is 0 Å². The average Bonchev–Trinajstić information content (AvgIpc) is 2.50. The highest BCUT2D eigenvalue weighted by molar-refractivity contribution is 5.85. The lowest BCUT2D eigenvalue weighted by Crippen LogP contribution is -2.59. The van der Waals surface area contributed by atoms with E-state index < -0.39 is 17.8 Å². The van der Waals surface area contributed by atoms with Crippen LogP contribution in [-0.2, 0) is 20.0 Å². The Hall–Kier alpha value is -1.14. The zero-order valence-corrected chi connectivity index (χ0v) is 14.4. The third-order valence-electron chi connectivity index (χ3n) is 3.05. The normalized spacial score (nSPS) is 14.8. The Bertz CT molecular complexity index is 441. The highest BCUT2D eigenvalue weighted by Gasteiger charge is 2.46. The Morgan fingerprint density at radius 2 is 1.91 bits per heavy atom. The summed E-state index contributed by atoms with van der Waals surface area (Å²) in [6.07, 6.45) is -0.693. The van der Waals surface area contributed by atoms with Crippen molar-refractivity contribution in [1.29, 1.82) is 0 Å². The molecule has 0 amide bonds. The SMILES string of the molecule is CCCOC(NC(C)C)(c1ccccc1)C(O)C(=O)OC.Cl. The molecular weight excluding hydrogens is 306 g/mol. The van der Waals surface area contributed by atoms with Crippen molar-refractivity contribution in [3.8, 4) is 0 Å². The third-order valence-corrected chi connectivity index (χ3v) is 3.05. The molecule has 22 heavy (non-hydrogen) atoms. The number of carbonyl (C=O) groups excluding carboxylic acids is 1. The van der Waals surface area contributed by atoms with E-state index >= 15 is 0 Å². The van der Waals surface area contributed by atoms with Crippen LogP contribution in [0.15, 0.2) is 30.3 Å². The average molecular weight is 332 g/mol. The van der Waals surface area contributed by atoms with Gasteiger partial charge in [0.1, 0.15) is 0 Å². The second-order valence-corrected chi connectivity index (χ2v) is 5.17. The van der Waals surface area contributed by atoms with Gasteiger partial charge in [0.05, 0.1) is 7.11 Å². The quantitative estimate of drug-likeness (QED) is 0.565. The first-order chi connectivity index (χ1) is 9.97. The molecule has 2 atom stereocenters. The van der Waals surface area contributed by atoms with Crippen molar-refractivity contribution in [3.63, 3.8) is 0 Å². The van der Waals surface area contributed by atoms with E-state index in [-0.39, 0.29) is 18.4 Å². The lowest BCUT2D eigenvalue weighted by atomic mass is 9.95. The van der Waals surface area contributed by atoms with Crippen molar-refractivity contribution in [3.05, 3.63) is 35.9 Å². The summed E-state index contributed by atoms with van der Waals surface area (Å²) < 4.78 is 10.6. The van der Waals surface area contributed by atoms with Crippen LogP contribution < -0.4 is 5.32 Å². The molecule has 0 aliphatic heterocycles. The topological polar surface area (TPSA) is 67.8 Å². The van der Waals surface area contributed by atoms with Crippen molar-refractivity contribution in [2.45, 2.75) is 45.1 Å². The van der Waals surface area contributed by atoms with Gasteiger partial charge in [0.15, 0.2) is 11.8 Å². The molecule has 2 N–H and O–H groups in total. The van der Waals surface area contributed by atoms with Crippen LogP contribution in [0.4, 0.5) is 0 Å². The fourth-order valence-corrected chi connectivity index (χ4v) is 2.18. The molecule has 0 spiro atoms. The lowest BCUT2D eigenvalue weighted by molar-refractivity contribution is -0.188. The third kappa shape index (κ3) is 4.95. The maximum Gasteiger partial charge on any atom is 0.339 e. The number of hydrogen-bond acceptors (Lipinski definition) is 5. The van der Waals surface area contributed by atoms with E-state index in [1.807, 2.05) is 51.1 Å². The van der Waals surface area contributed by atoms with Gasteiger partial charge in [0.2, 0.25) is 0 Å². The number of carbonyl (C=O) groups is 1. The van der Waals surface area contributed by atoms with E-state index in [0.29, 0.717) is 12.2 Å². The Morgan fingerprint density at radius 1 is 1.32 bits per heavy atom. The molecule has 0 aliphatic carbocycles. The van der Waals surface area contributed by atoms with Gasteiger partial charge in [-0.3, -0.25) is 5.32 Å². The van der Waals surface area contributed by atoms with Gasteiger partial charge >= 0.3 is 5.97 Å². The van der Waals surface area contributed by atoms with Gasteiger partial charge in [-0.25, -0.2) is 4.79 Å². The summed E-state index contributed by atoms with van der Waals surface area (Å²) in [4.78, 5) is 11.9. The number of rotatable bonds is 8. The number of benzene rings is 1. The number of halogens is 1. The highest BCUT2D eigenvalue weighted by atomic mass is 35.5. The van der Waals surface area contributed by atoms with Gasteiger partial charge in [-0.2, -0.15) is 0 Å². The minimum Gasteiger partial charge on any atom is -0.467 e. The van der Waals surface area contributed by atoms with Gasteiger partial charge in [-0.1, -0.05) is 37.3 Å². The summed E-state index contributed by atoms with van der Waals surface area (Å²) in [5.74, 6) is -0.733. The summed E-state index contributed by atoms with van der Waals surface area (Å²) >= 11 is 0. The number of methoxy groups -OCH3 is 1. The summed E-state index contributed by atoms with van der Waals surface area (Å²) in [7, 11) is 1.25. The Labute approximate surface area is 138 Å². The molecule has 0 radical (unpaired) electrons. The second kappa shape index (κ2) is 9.79. The molecule has 0 fully saturated rings. The van der Waals surface area contributed by atoms with Gasteiger partial charge in [-0.15, -0.1) is 12.4 Å². The van der Waals surface area contributed by atoms with Gasteiger partial charge < -0.3 is 14.6 Å². The highest BCUT2D eigenvalue weighted by Crippen LogP contribution is 2.29. The molecule has 1 rings (SSSR count). The summed E-state index contributed by atoms with van der Waals surface area (Å²) in [6, 6.07) is 9.18. The Kier molecular flexibility index (Phi) is 9.28. The summed E-state index contributed by atoms with van der Waals surface area (Å²) in [5.41, 5.74) is -0.636. The molecular formula is C16H26ClNO4. The molecule has 0 heterocycles. The maximum atomic E-state index is 11.9. The first-order valence-electron chi connectivity index (χ1n) is 7.21. The Morgan fingerprint density at radius 3 is 2.36 bits per heavy atom. The predicted molar refractivity (Wildman–Crippen MR) is 87.9 cm³/mol. The van der Waals surface area contributed by atoms with Gasteiger partial charge in [0.25, 0.3) is 0 Å². The van der Waals surface area contributed by atoms with Crippen LogP contribution in [0.5, 0.6) is 0 Å². The largest absolute Gasteiger partial charge is 0.467 e. The zero-order valence-electron chi connectivity index (χ0n) is 13.5. The summed E-state index contributed by atoms with van der Waals surface area (Å²) in [6.45, 7) is 6.23. The van der Waals surface area contributed by atoms with Crippen molar-refractivity contribution >= 4 is 18.4 Å². The summed E-state index contributed by atoms with van der Waals surface area (Å²) in [5, 5.41) is 13.7. The smallest absolute Gasteiger partial charge is 0.339 e. The van der Waals surface area contributed by atoms with Crippen molar-refractivity contribution < 1.29 is 19.4 Å². The van der Waals surface area contributed by atoms with Crippen LogP contribution >= 0.6 is 12.4 Å². The van der Waals surface area contributed by atoms with Crippen LogP contribution in [0.1, 0.15) is 32.8 Å². The van der Waals surface area contributed by atoms with Gasteiger partial charge in [-0.05, 0) is 20.3 Å². The molecule has 0 aromatic heterocycles. The van der Waals surface area contributed by atoms with E-state index in [0.717, 1.165) is 6.42 Å². The Balaban J connectivity index is 0.00000441. The van der Waals surface area contributed by atoms with E-state index in [1.54, 1.807) is 0 Å². The predicted octanol–water partition coefficient (Wildman–Crippen LogP) is 2.22. The van der Waals surface area contributed by atoms with E-state index in [4.69, 9.17) is 9.47 Å². The van der Waals surface area contributed by atoms with Crippen molar-refractivity contribution in [2.75, 3.05) is 13.7 Å². The maximum absolute atomic E-state index is 11.9. The van der Waals surface area contributed by atoms with E-state index in [2.05, 4.69) is 5.32 Å². The first kappa shape index (κ1) is 20.9. The number of aliphatic hydroxyl groups is 1. The van der Waals surface area contributed by atoms with Crippen LogP contribution in [0.3, 0.4) is 0 Å². The molecule has 5 nitrogen and oxygen atoms in total. The second-order valence-electron chi connectivity index (χ2n) is 5.17. The fourth-order valence-electron chi connectivity index (χ4n) is 2.18.